The Hall–Kier alpha value is -4.04. The van der Waals surface area contributed by atoms with Crippen LogP contribution in [0.1, 0.15) is 45.8 Å². The molecule has 2 heteroatoms. The highest BCUT2D eigenvalue weighted by Crippen LogP contribution is 2.54. The van der Waals surface area contributed by atoms with Crippen molar-refractivity contribution in [3.05, 3.63) is 143 Å². The number of aromatic nitrogens is 2. The summed E-state index contributed by atoms with van der Waals surface area (Å²) in [6.45, 7) is 0. The summed E-state index contributed by atoms with van der Waals surface area (Å²) in [5.41, 5.74) is 9.36. The molecule has 2 heterocycles. The van der Waals surface area contributed by atoms with Crippen molar-refractivity contribution >= 4 is 21.8 Å². The molecule has 1 aliphatic carbocycles. The SMILES string of the molecule is c1ccc(C2Cc3[nH]c4ccccc4c3C(c3ccccc3)C2c2cc3ccccc3[nH]2)cc1. The van der Waals surface area contributed by atoms with E-state index in [0.717, 1.165) is 6.42 Å². The van der Waals surface area contributed by atoms with E-state index in [9.17, 15) is 0 Å². The van der Waals surface area contributed by atoms with Crippen LogP contribution in [0.5, 0.6) is 0 Å². The van der Waals surface area contributed by atoms with Crippen molar-refractivity contribution in [3.63, 3.8) is 0 Å². The molecular formula is C32H26N2. The topological polar surface area (TPSA) is 31.6 Å². The van der Waals surface area contributed by atoms with E-state index in [0.29, 0.717) is 11.8 Å². The molecule has 2 aromatic heterocycles. The minimum absolute atomic E-state index is 0.249. The fourth-order valence-electron chi connectivity index (χ4n) is 6.23. The van der Waals surface area contributed by atoms with Gasteiger partial charge in [-0.15, -0.1) is 0 Å². The highest BCUT2D eigenvalue weighted by molar-refractivity contribution is 5.87. The summed E-state index contributed by atoms with van der Waals surface area (Å²) in [5, 5.41) is 2.62. The Balaban J connectivity index is 1.54. The first-order chi connectivity index (χ1) is 16.9. The van der Waals surface area contributed by atoms with Crippen molar-refractivity contribution < 1.29 is 0 Å². The van der Waals surface area contributed by atoms with Crippen molar-refractivity contribution in [2.24, 2.45) is 0 Å². The van der Waals surface area contributed by atoms with E-state index in [1.54, 1.807) is 0 Å². The molecule has 34 heavy (non-hydrogen) atoms. The van der Waals surface area contributed by atoms with Gasteiger partial charge in [-0.05, 0) is 52.6 Å². The van der Waals surface area contributed by atoms with Gasteiger partial charge in [0.05, 0.1) is 0 Å². The lowest BCUT2D eigenvalue weighted by molar-refractivity contribution is 0.448. The number of aromatic amines is 2. The zero-order valence-electron chi connectivity index (χ0n) is 18.9. The van der Waals surface area contributed by atoms with Crippen LogP contribution in [0.2, 0.25) is 0 Å². The average Bonchev–Trinajstić information content (AvgIpc) is 3.50. The fraction of sp³-hybridized carbons (Fsp3) is 0.125. The Kier molecular flexibility index (Phi) is 4.44. The summed E-state index contributed by atoms with van der Waals surface area (Å²) in [5.74, 6) is 0.906. The zero-order chi connectivity index (χ0) is 22.5. The second kappa shape index (κ2) is 7.78. The third-order valence-corrected chi connectivity index (χ3v) is 7.65. The van der Waals surface area contributed by atoms with E-state index in [1.165, 1.54) is 49.9 Å². The zero-order valence-corrected chi connectivity index (χ0v) is 18.9. The number of fused-ring (bicyclic) bond motifs is 4. The Bertz CT molecular complexity index is 1560. The van der Waals surface area contributed by atoms with Crippen LogP contribution in [-0.2, 0) is 6.42 Å². The van der Waals surface area contributed by atoms with Gasteiger partial charge in [-0.2, -0.15) is 0 Å². The molecule has 0 saturated carbocycles. The molecule has 4 aromatic carbocycles. The van der Waals surface area contributed by atoms with Crippen LogP contribution in [0, 0.1) is 0 Å². The molecule has 1 aliphatic rings. The first kappa shape index (κ1) is 19.4. The minimum Gasteiger partial charge on any atom is -0.358 e. The Labute approximate surface area is 199 Å². The van der Waals surface area contributed by atoms with Crippen LogP contribution in [0.15, 0.2) is 115 Å². The quantitative estimate of drug-likeness (QED) is 0.281. The maximum Gasteiger partial charge on any atom is 0.0459 e. The van der Waals surface area contributed by atoms with Gasteiger partial charge in [0.1, 0.15) is 0 Å². The van der Waals surface area contributed by atoms with Crippen molar-refractivity contribution in [1.29, 1.82) is 0 Å². The maximum absolute atomic E-state index is 3.83. The molecule has 0 radical (unpaired) electrons. The van der Waals surface area contributed by atoms with Crippen molar-refractivity contribution in [2.75, 3.05) is 0 Å². The van der Waals surface area contributed by atoms with Crippen LogP contribution in [0.4, 0.5) is 0 Å². The van der Waals surface area contributed by atoms with Gasteiger partial charge in [-0.25, -0.2) is 0 Å². The number of hydrogen-bond acceptors (Lipinski definition) is 0. The Morgan fingerprint density at radius 1 is 0.588 bits per heavy atom. The molecule has 3 unspecified atom stereocenters. The standard InChI is InChI=1S/C32H26N2/c1-3-11-21(12-4-1)25-20-29-31(24-16-8-10-18-27(24)34-29)30(22-13-5-2-6-14-22)32(25)28-19-23-15-7-9-17-26(23)33-28/h1-19,25,30,32-34H,20H2. The Morgan fingerprint density at radius 3 is 2.00 bits per heavy atom. The second-order valence-electron chi connectivity index (χ2n) is 9.51. The summed E-state index contributed by atoms with van der Waals surface area (Å²) in [7, 11) is 0. The molecule has 0 saturated heterocycles. The van der Waals surface area contributed by atoms with Gasteiger partial charge in [0.25, 0.3) is 0 Å². The van der Waals surface area contributed by atoms with Gasteiger partial charge < -0.3 is 9.97 Å². The molecule has 0 spiro atoms. The van der Waals surface area contributed by atoms with Gasteiger partial charge in [0, 0.05) is 39.6 Å². The highest BCUT2D eigenvalue weighted by Gasteiger charge is 2.42. The monoisotopic (exact) mass is 438 g/mol. The van der Waals surface area contributed by atoms with Gasteiger partial charge in [0.15, 0.2) is 0 Å². The summed E-state index contributed by atoms with van der Waals surface area (Å²) in [6, 6.07) is 42.0. The second-order valence-corrected chi connectivity index (χ2v) is 9.51. The third-order valence-electron chi connectivity index (χ3n) is 7.65. The molecule has 2 N–H and O–H groups in total. The van der Waals surface area contributed by atoms with Crippen molar-refractivity contribution in [1.82, 2.24) is 9.97 Å². The van der Waals surface area contributed by atoms with E-state index >= 15 is 0 Å². The van der Waals surface area contributed by atoms with Gasteiger partial charge in [-0.1, -0.05) is 97.1 Å². The van der Waals surface area contributed by atoms with Gasteiger partial charge in [-0.3, -0.25) is 0 Å². The third kappa shape index (κ3) is 3.03. The first-order valence-corrected chi connectivity index (χ1v) is 12.1. The lowest BCUT2D eigenvalue weighted by Gasteiger charge is -2.39. The molecule has 0 bridgehead atoms. The van der Waals surface area contributed by atoms with Crippen LogP contribution < -0.4 is 0 Å². The maximum atomic E-state index is 3.83. The Morgan fingerprint density at radius 2 is 1.24 bits per heavy atom. The van der Waals surface area contributed by atoms with Crippen molar-refractivity contribution in [3.8, 4) is 0 Å². The number of para-hydroxylation sites is 2. The van der Waals surface area contributed by atoms with E-state index in [4.69, 9.17) is 0 Å². The molecule has 7 rings (SSSR count). The number of benzene rings is 4. The van der Waals surface area contributed by atoms with E-state index in [1.807, 2.05) is 0 Å². The normalized spacial score (nSPS) is 19.9. The molecule has 2 nitrogen and oxygen atoms in total. The van der Waals surface area contributed by atoms with E-state index in [-0.39, 0.29) is 5.92 Å². The number of rotatable bonds is 3. The van der Waals surface area contributed by atoms with Crippen LogP contribution in [0.3, 0.4) is 0 Å². The van der Waals surface area contributed by atoms with E-state index < -0.39 is 0 Å². The van der Waals surface area contributed by atoms with Crippen LogP contribution >= 0.6 is 0 Å². The lowest BCUT2D eigenvalue weighted by Crippen LogP contribution is -2.27. The highest BCUT2D eigenvalue weighted by atomic mass is 14.8. The predicted octanol–water partition coefficient (Wildman–Crippen LogP) is 7.90. The molecule has 3 atom stereocenters. The van der Waals surface area contributed by atoms with Gasteiger partial charge in [0.2, 0.25) is 0 Å². The molecule has 0 fully saturated rings. The molecule has 0 amide bonds. The summed E-state index contributed by atoms with van der Waals surface area (Å²) < 4.78 is 0. The van der Waals surface area contributed by atoms with Crippen LogP contribution in [-0.4, -0.2) is 9.97 Å². The first-order valence-electron chi connectivity index (χ1n) is 12.1. The molecule has 0 aliphatic heterocycles. The van der Waals surface area contributed by atoms with E-state index in [2.05, 4.69) is 125 Å². The largest absolute Gasteiger partial charge is 0.358 e. The number of nitrogens with one attached hydrogen (secondary N) is 2. The smallest absolute Gasteiger partial charge is 0.0459 e. The van der Waals surface area contributed by atoms with Crippen LogP contribution in [0.25, 0.3) is 21.8 Å². The predicted molar refractivity (Wildman–Crippen MR) is 141 cm³/mol. The fourth-order valence-corrected chi connectivity index (χ4v) is 6.23. The summed E-state index contributed by atoms with van der Waals surface area (Å²) >= 11 is 0. The number of H-pyrrole nitrogens is 2. The van der Waals surface area contributed by atoms with Crippen molar-refractivity contribution in [2.45, 2.75) is 24.2 Å². The lowest BCUT2D eigenvalue weighted by atomic mass is 9.64. The summed E-state index contributed by atoms with van der Waals surface area (Å²) in [4.78, 5) is 7.63. The van der Waals surface area contributed by atoms with Gasteiger partial charge >= 0.3 is 0 Å². The molecule has 6 aromatic rings. The number of hydrogen-bond donors (Lipinski definition) is 2. The molecule has 164 valence electrons. The summed E-state index contributed by atoms with van der Waals surface area (Å²) in [6.07, 6.45) is 0.997. The molecular weight excluding hydrogens is 412 g/mol. The average molecular weight is 439 g/mol. The minimum atomic E-state index is 0.249.